The van der Waals surface area contributed by atoms with Crippen molar-refractivity contribution in [3.8, 4) is 0 Å². The lowest BCUT2D eigenvalue weighted by Crippen LogP contribution is -2.19. The minimum Gasteiger partial charge on any atom is -0.321 e. The number of thiophene rings is 1. The van der Waals surface area contributed by atoms with Gasteiger partial charge in [0, 0.05) is 4.88 Å². The first kappa shape index (κ1) is 7.77. The van der Waals surface area contributed by atoms with Gasteiger partial charge in [0.2, 0.25) is 0 Å². The highest BCUT2D eigenvalue weighted by Gasteiger charge is 2.49. The molecule has 1 fully saturated rings. The summed E-state index contributed by atoms with van der Waals surface area (Å²) in [6, 6.07) is 4.19. The van der Waals surface area contributed by atoms with E-state index in [0.29, 0.717) is 5.92 Å². The van der Waals surface area contributed by atoms with Gasteiger partial charge in [-0.05, 0) is 40.4 Å². The molecule has 60 valence electrons. The quantitative estimate of drug-likeness (QED) is 0.791. The molecule has 2 N–H and O–H groups in total. The number of hydrogen-bond donors (Lipinski definition) is 1. The zero-order valence-corrected chi connectivity index (χ0v) is 8.71. The fourth-order valence-corrected chi connectivity index (χ4v) is 2.97. The maximum Gasteiger partial charge on any atom is 0.0702 e. The molecule has 0 aliphatic heterocycles. The molecule has 1 heterocycles. The van der Waals surface area contributed by atoms with Crippen molar-refractivity contribution < 1.29 is 0 Å². The van der Waals surface area contributed by atoms with Gasteiger partial charge >= 0.3 is 0 Å². The van der Waals surface area contributed by atoms with E-state index in [1.165, 1.54) is 8.66 Å². The third-order valence-electron chi connectivity index (χ3n) is 2.40. The first-order chi connectivity index (χ1) is 5.13. The summed E-state index contributed by atoms with van der Waals surface area (Å²) < 4.78 is 1.18. The van der Waals surface area contributed by atoms with Crippen LogP contribution in [0.5, 0.6) is 0 Å². The normalized spacial score (nSPS) is 35.7. The van der Waals surface area contributed by atoms with Crippen LogP contribution in [0.4, 0.5) is 0 Å². The monoisotopic (exact) mass is 231 g/mol. The molecular formula is C8H10BrNS. The number of halogens is 1. The van der Waals surface area contributed by atoms with Gasteiger partial charge in [-0.25, -0.2) is 0 Å². The third kappa shape index (κ3) is 1.15. The first-order valence-corrected chi connectivity index (χ1v) is 5.28. The van der Waals surface area contributed by atoms with E-state index in [1.807, 2.05) is 0 Å². The zero-order valence-electron chi connectivity index (χ0n) is 6.30. The predicted octanol–water partition coefficient (Wildman–Crippen LogP) is 2.70. The minimum absolute atomic E-state index is 0.0106. The molecule has 2 rings (SSSR count). The van der Waals surface area contributed by atoms with Gasteiger partial charge in [-0.2, -0.15) is 0 Å². The standard InChI is InChI=1S/C8H10BrNS/c1-5-4-8(5,10)6-2-3-7(9)11-6/h2-3,5H,4,10H2,1H3. The molecule has 0 amide bonds. The summed E-state index contributed by atoms with van der Waals surface area (Å²) in [5, 5.41) is 0. The van der Waals surface area contributed by atoms with Crippen LogP contribution in [-0.4, -0.2) is 0 Å². The Bertz CT molecular complexity index is 283. The van der Waals surface area contributed by atoms with E-state index >= 15 is 0 Å². The second kappa shape index (κ2) is 2.31. The molecule has 0 bridgehead atoms. The van der Waals surface area contributed by atoms with Crippen molar-refractivity contribution >= 4 is 27.3 Å². The highest BCUT2D eigenvalue weighted by Crippen LogP contribution is 2.51. The van der Waals surface area contributed by atoms with Crippen LogP contribution in [0.3, 0.4) is 0 Å². The highest BCUT2D eigenvalue weighted by molar-refractivity contribution is 9.11. The van der Waals surface area contributed by atoms with Crippen LogP contribution in [0.25, 0.3) is 0 Å². The van der Waals surface area contributed by atoms with Crippen molar-refractivity contribution in [1.29, 1.82) is 0 Å². The van der Waals surface area contributed by atoms with Crippen molar-refractivity contribution in [3.05, 3.63) is 20.8 Å². The Morgan fingerprint density at radius 1 is 1.73 bits per heavy atom. The molecule has 1 aliphatic rings. The zero-order chi connectivity index (χ0) is 8.06. The van der Waals surface area contributed by atoms with E-state index in [9.17, 15) is 0 Å². The topological polar surface area (TPSA) is 26.0 Å². The van der Waals surface area contributed by atoms with E-state index in [2.05, 4.69) is 35.0 Å². The molecule has 1 aromatic rings. The van der Waals surface area contributed by atoms with Crippen molar-refractivity contribution in [1.82, 2.24) is 0 Å². The molecule has 1 nitrogen and oxygen atoms in total. The van der Waals surface area contributed by atoms with Gasteiger partial charge in [0.15, 0.2) is 0 Å². The van der Waals surface area contributed by atoms with Crippen LogP contribution >= 0.6 is 27.3 Å². The summed E-state index contributed by atoms with van der Waals surface area (Å²) in [7, 11) is 0. The van der Waals surface area contributed by atoms with Gasteiger partial charge in [-0.3, -0.25) is 0 Å². The number of rotatable bonds is 1. The summed E-state index contributed by atoms with van der Waals surface area (Å²) in [4.78, 5) is 1.32. The van der Waals surface area contributed by atoms with Crippen molar-refractivity contribution in [2.45, 2.75) is 18.9 Å². The molecule has 11 heavy (non-hydrogen) atoms. The second-order valence-electron chi connectivity index (χ2n) is 3.25. The summed E-state index contributed by atoms with van der Waals surface area (Å²) in [6.45, 7) is 2.20. The van der Waals surface area contributed by atoms with Crippen LogP contribution in [0.1, 0.15) is 18.2 Å². The average molecular weight is 232 g/mol. The largest absolute Gasteiger partial charge is 0.321 e. The van der Waals surface area contributed by atoms with Crippen LogP contribution in [0.2, 0.25) is 0 Å². The lowest BCUT2D eigenvalue weighted by molar-refractivity contribution is 0.679. The summed E-state index contributed by atoms with van der Waals surface area (Å²) in [5.41, 5.74) is 6.12. The molecule has 2 unspecified atom stereocenters. The van der Waals surface area contributed by atoms with Gasteiger partial charge in [0.05, 0.1) is 9.33 Å². The summed E-state index contributed by atoms with van der Waals surface area (Å²) in [6.07, 6.45) is 1.14. The van der Waals surface area contributed by atoms with Gasteiger partial charge in [0.25, 0.3) is 0 Å². The molecule has 0 aromatic carbocycles. The molecule has 1 saturated carbocycles. The lowest BCUT2D eigenvalue weighted by atomic mass is 10.2. The number of nitrogens with two attached hydrogens (primary N) is 1. The Morgan fingerprint density at radius 3 is 2.73 bits per heavy atom. The first-order valence-electron chi connectivity index (χ1n) is 3.67. The van der Waals surface area contributed by atoms with Gasteiger partial charge in [0.1, 0.15) is 0 Å². The SMILES string of the molecule is CC1CC1(N)c1ccc(Br)s1. The average Bonchev–Trinajstić information content (AvgIpc) is 2.44. The molecule has 2 atom stereocenters. The van der Waals surface area contributed by atoms with Gasteiger partial charge in [-0.15, -0.1) is 11.3 Å². The molecular weight excluding hydrogens is 222 g/mol. The fraction of sp³-hybridized carbons (Fsp3) is 0.500. The maximum atomic E-state index is 6.11. The minimum atomic E-state index is 0.0106. The van der Waals surface area contributed by atoms with Crippen LogP contribution < -0.4 is 5.73 Å². The predicted molar refractivity (Wildman–Crippen MR) is 51.7 cm³/mol. The molecule has 0 radical (unpaired) electrons. The van der Waals surface area contributed by atoms with E-state index in [0.717, 1.165) is 6.42 Å². The highest BCUT2D eigenvalue weighted by atomic mass is 79.9. The Balaban J connectivity index is 2.31. The third-order valence-corrected chi connectivity index (χ3v) is 4.21. The van der Waals surface area contributed by atoms with Crippen molar-refractivity contribution in [2.75, 3.05) is 0 Å². The summed E-state index contributed by atoms with van der Waals surface area (Å²) >= 11 is 5.19. The number of hydrogen-bond acceptors (Lipinski definition) is 2. The second-order valence-corrected chi connectivity index (χ2v) is 5.71. The fourth-order valence-electron chi connectivity index (χ4n) is 1.36. The van der Waals surface area contributed by atoms with Crippen LogP contribution in [-0.2, 0) is 5.54 Å². The maximum absolute atomic E-state index is 6.11. The Morgan fingerprint density at radius 2 is 2.36 bits per heavy atom. The Hall–Kier alpha value is 0.140. The van der Waals surface area contributed by atoms with Crippen LogP contribution in [0, 0.1) is 5.92 Å². The lowest BCUT2D eigenvalue weighted by Gasteiger charge is -2.05. The van der Waals surface area contributed by atoms with E-state index in [4.69, 9.17) is 5.73 Å². The van der Waals surface area contributed by atoms with E-state index < -0.39 is 0 Å². The molecule has 1 aliphatic carbocycles. The summed E-state index contributed by atoms with van der Waals surface area (Å²) in [5.74, 6) is 0.660. The molecule has 0 spiro atoms. The van der Waals surface area contributed by atoms with E-state index in [-0.39, 0.29) is 5.54 Å². The Kier molecular flexibility index (Phi) is 1.63. The van der Waals surface area contributed by atoms with Crippen LogP contribution in [0.15, 0.2) is 15.9 Å². The molecule has 1 aromatic heterocycles. The Labute approximate surface area is 78.7 Å². The van der Waals surface area contributed by atoms with Crippen molar-refractivity contribution in [2.24, 2.45) is 11.7 Å². The van der Waals surface area contributed by atoms with Gasteiger partial charge < -0.3 is 5.73 Å². The van der Waals surface area contributed by atoms with E-state index in [1.54, 1.807) is 11.3 Å². The smallest absolute Gasteiger partial charge is 0.0702 e. The van der Waals surface area contributed by atoms with Crippen molar-refractivity contribution in [3.63, 3.8) is 0 Å². The molecule has 0 saturated heterocycles. The van der Waals surface area contributed by atoms with Gasteiger partial charge in [-0.1, -0.05) is 6.92 Å². The molecule has 3 heteroatoms.